The first-order valence-corrected chi connectivity index (χ1v) is 8.06. The van der Waals surface area contributed by atoms with Crippen molar-refractivity contribution in [3.05, 3.63) is 76.1 Å². The Kier molecular flexibility index (Phi) is 3.29. The van der Waals surface area contributed by atoms with Gasteiger partial charge in [-0.3, -0.25) is 9.78 Å². The average molecular weight is 362 g/mol. The highest BCUT2D eigenvalue weighted by molar-refractivity contribution is 5.75. The lowest BCUT2D eigenvalue weighted by molar-refractivity contribution is 0.556. The van der Waals surface area contributed by atoms with E-state index in [2.05, 4.69) is 36.0 Å². The zero-order valence-corrected chi connectivity index (χ0v) is 13.7. The Labute approximate surface area is 150 Å². The van der Waals surface area contributed by atoms with E-state index < -0.39 is 11.6 Å². The predicted molar refractivity (Wildman–Crippen MR) is 92.8 cm³/mol. The maximum atomic E-state index is 13.4. The second-order valence-corrected chi connectivity index (χ2v) is 5.93. The number of anilines is 2. The van der Waals surface area contributed by atoms with Crippen LogP contribution in [0.5, 0.6) is 0 Å². The summed E-state index contributed by atoms with van der Waals surface area (Å²) in [5.74, 6) is -0.0425. The minimum atomic E-state index is -0.567. The van der Waals surface area contributed by atoms with E-state index in [0.717, 1.165) is 0 Å². The Morgan fingerprint density at radius 3 is 2.74 bits per heavy atom. The average Bonchev–Trinajstić information content (AvgIpc) is 3.17. The molecular formula is C17H11FN8O. The van der Waals surface area contributed by atoms with E-state index in [1.807, 2.05) is 12.1 Å². The van der Waals surface area contributed by atoms with Gasteiger partial charge in [-0.2, -0.15) is 9.78 Å². The van der Waals surface area contributed by atoms with E-state index in [4.69, 9.17) is 0 Å². The molecule has 0 radical (unpaired) electrons. The fourth-order valence-electron chi connectivity index (χ4n) is 3.18. The fraction of sp³-hybridized carbons (Fsp3) is 0.0588. The number of pyridine rings is 1. The van der Waals surface area contributed by atoms with Gasteiger partial charge in [0, 0.05) is 17.3 Å². The van der Waals surface area contributed by atoms with Gasteiger partial charge in [-0.15, -0.1) is 0 Å². The topological polar surface area (TPSA) is 114 Å². The Hall–Kier alpha value is -3.95. The monoisotopic (exact) mass is 362 g/mol. The maximum Gasteiger partial charge on any atom is 0.288 e. The molecule has 132 valence electrons. The highest BCUT2D eigenvalue weighted by Crippen LogP contribution is 2.40. The van der Waals surface area contributed by atoms with Crippen LogP contribution in [0.4, 0.5) is 16.0 Å². The molecule has 27 heavy (non-hydrogen) atoms. The number of rotatable bonds is 2. The molecule has 1 aliphatic heterocycles. The van der Waals surface area contributed by atoms with Crippen LogP contribution in [0.2, 0.25) is 0 Å². The molecule has 4 heterocycles. The number of halogens is 1. The number of tetrazole rings is 1. The summed E-state index contributed by atoms with van der Waals surface area (Å²) in [6, 6.07) is 10.8. The van der Waals surface area contributed by atoms with Crippen molar-refractivity contribution in [3.8, 4) is 11.3 Å². The van der Waals surface area contributed by atoms with Gasteiger partial charge in [0.1, 0.15) is 17.5 Å². The van der Waals surface area contributed by atoms with Crippen molar-refractivity contribution in [3.63, 3.8) is 0 Å². The second kappa shape index (κ2) is 5.80. The van der Waals surface area contributed by atoms with Gasteiger partial charge in [-0.1, -0.05) is 11.2 Å². The number of hydrogen-bond acceptors (Lipinski definition) is 7. The Balaban J connectivity index is 1.82. The summed E-state index contributed by atoms with van der Waals surface area (Å²) in [7, 11) is 0. The molecule has 0 saturated heterocycles. The summed E-state index contributed by atoms with van der Waals surface area (Å²) in [6.45, 7) is 0. The number of nitrogens with one attached hydrogen (secondary N) is 2. The minimum absolute atomic E-state index is 0.280. The van der Waals surface area contributed by atoms with E-state index in [1.54, 1.807) is 29.1 Å². The van der Waals surface area contributed by atoms with E-state index in [9.17, 15) is 9.18 Å². The number of benzene rings is 1. The molecule has 3 aromatic heterocycles. The molecule has 0 bridgehead atoms. The van der Waals surface area contributed by atoms with Crippen LogP contribution in [0.3, 0.4) is 0 Å². The molecule has 0 saturated carbocycles. The van der Waals surface area contributed by atoms with Crippen molar-refractivity contribution >= 4 is 11.6 Å². The van der Waals surface area contributed by atoms with Crippen molar-refractivity contribution in [1.29, 1.82) is 0 Å². The molecule has 1 atom stereocenters. The van der Waals surface area contributed by atoms with Crippen LogP contribution in [0.1, 0.15) is 17.3 Å². The molecular weight excluding hydrogens is 351 g/mol. The first-order valence-electron chi connectivity index (χ1n) is 8.06. The lowest BCUT2D eigenvalue weighted by Gasteiger charge is -2.27. The largest absolute Gasteiger partial charge is 0.318 e. The molecule has 1 aromatic carbocycles. The first kappa shape index (κ1) is 15.3. The predicted octanol–water partition coefficient (Wildman–Crippen LogP) is 1.65. The van der Waals surface area contributed by atoms with E-state index in [0.29, 0.717) is 28.5 Å². The summed E-state index contributed by atoms with van der Waals surface area (Å²) >= 11 is 0. The highest BCUT2D eigenvalue weighted by Gasteiger charge is 2.34. The van der Waals surface area contributed by atoms with Gasteiger partial charge in [0.25, 0.3) is 5.56 Å². The van der Waals surface area contributed by atoms with Gasteiger partial charge in [0.15, 0.2) is 0 Å². The van der Waals surface area contributed by atoms with Gasteiger partial charge >= 0.3 is 0 Å². The van der Waals surface area contributed by atoms with Crippen molar-refractivity contribution < 1.29 is 4.39 Å². The number of hydrogen-bond donors (Lipinski definition) is 2. The van der Waals surface area contributed by atoms with Crippen LogP contribution < -0.4 is 10.9 Å². The van der Waals surface area contributed by atoms with Crippen molar-refractivity contribution in [2.45, 2.75) is 6.04 Å². The summed E-state index contributed by atoms with van der Waals surface area (Å²) < 4.78 is 14.9. The first-order chi connectivity index (χ1) is 13.2. The lowest BCUT2D eigenvalue weighted by Crippen LogP contribution is -2.29. The summed E-state index contributed by atoms with van der Waals surface area (Å²) in [5, 5.41) is 21.3. The van der Waals surface area contributed by atoms with Crippen LogP contribution in [-0.4, -0.2) is 35.4 Å². The highest BCUT2D eigenvalue weighted by atomic mass is 19.1. The Morgan fingerprint density at radius 2 is 1.96 bits per heavy atom. The number of aromatic nitrogens is 7. The summed E-state index contributed by atoms with van der Waals surface area (Å²) in [6.07, 6.45) is 1.65. The molecule has 0 unspecified atom stereocenters. The van der Waals surface area contributed by atoms with Gasteiger partial charge in [-0.05, 0) is 46.8 Å². The third-order valence-corrected chi connectivity index (χ3v) is 4.35. The second-order valence-electron chi connectivity index (χ2n) is 5.93. The van der Waals surface area contributed by atoms with Crippen molar-refractivity contribution in [1.82, 2.24) is 35.4 Å². The third-order valence-electron chi connectivity index (χ3n) is 4.35. The van der Waals surface area contributed by atoms with Gasteiger partial charge in [0.2, 0.25) is 5.95 Å². The molecule has 2 N–H and O–H groups in total. The standard InChI is InChI=1S/C17H11FN8O/c18-10-6-4-9(5-7-10)13-12-14(16(27)22-21-13)20-17-23-24-25-26(17)15(12)11-3-1-2-8-19-11/h1-8,15H,(H,22,27)(H,20,23,25)/t15-/m1/s1. The van der Waals surface area contributed by atoms with Crippen LogP contribution in [-0.2, 0) is 0 Å². The van der Waals surface area contributed by atoms with E-state index in [-0.39, 0.29) is 11.5 Å². The molecule has 1 aliphatic rings. The fourth-order valence-corrected chi connectivity index (χ4v) is 3.18. The van der Waals surface area contributed by atoms with Crippen molar-refractivity contribution in [2.75, 3.05) is 5.32 Å². The zero-order valence-electron chi connectivity index (χ0n) is 13.7. The van der Waals surface area contributed by atoms with Crippen molar-refractivity contribution in [2.24, 2.45) is 0 Å². The van der Waals surface area contributed by atoms with E-state index >= 15 is 0 Å². The molecule has 4 aromatic rings. The summed E-state index contributed by atoms with van der Waals surface area (Å²) in [5.41, 5.74) is 2.19. The molecule has 0 amide bonds. The van der Waals surface area contributed by atoms with Crippen LogP contribution in [0.25, 0.3) is 11.3 Å². The minimum Gasteiger partial charge on any atom is -0.318 e. The van der Waals surface area contributed by atoms with Gasteiger partial charge in [0.05, 0.1) is 11.4 Å². The number of H-pyrrole nitrogens is 1. The lowest BCUT2D eigenvalue weighted by atomic mass is 9.95. The maximum absolute atomic E-state index is 13.4. The van der Waals surface area contributed by atoms with Gasteiger partial charge in [-0.25, -0.2) is 9.49 Å². The Morgan fingerprint density at radius 1 is 1.11 bits per heavy atom. The smallest absolute Gasteiger partial charge is 0.288 e. The molecule has 10 heteroatoms. The quantitative estimate of drug-likeness (QED) is 0.491. The Bertz CT molecular complexity index is 1190. The molecule has 5 rings (SSSR count). The normalized spacial score (nSPS) is 14.9. The third kappa shape index (κ3) is 2.38. The molecule has 0 fully saturated rings. The molecule has 0 spiro atoms. The zero-order chi connectivity index (χ0) is 18.4. The van der Waals surface area contributed by atoms with Crippen LogP contribution in [0, 0.1) is 5.82 Å². The van der Waals surface area contributed by atoms with Crippen LogP contribution in [0.15, 0.2) is 53.5 Å². The van der Waals surface area contributed by atoms with Crippen LogP contribution >= 0.6 is 0 Å². The molecule has 9 nitrogen and oxygen atoms in total. The van der Waals surface area contributed by atoms with E-state index in [1.165, 1.54) is 12.1 Å². The number of nitrogens with zero attached hydrogens (tertiary/aromatic N) is 6. The molecule has 0 aliphatic carbocycles. The van der Waals surface area contributed by atoms with Gasteiger partial charge < -0.3 is 5.32 Å². The number of aromatic amines is 1. The number of fused-ring (bicyclic) bond motifs is 2. The summed E-state index contributed by atoms with van der Waals surface area (Å²) in [4.78, 5) is 16.9. The SMILES string of the molecule is O=c1[nH]nc(-c2ccc(F)cc2)c2c1Nc1nnnn1[C@@H]2c1ccccn1.